The van der Waals surface area contributed by atoms with Crippen LogP contribution in [0.25, 0.3) is 0 Å². The average molecular weight is 379 g/mol. The molecule has 0 spiro atoms. The van der Waals surface area contributed by atoms with Gasteiger partial charge >= 0.3 is 0 Å². The number of aryl methyl sites for hydroxylation is 3. The normalized spacial score (nSPS) is 11.3. The van der Waals surface area contributed by atoms with E-state index in [4.69, 9.17) is 14.2 Å². The third-order valence-electron chi connectivity index (χ3n) is 3.91. The number of hydrogen-bond donors (Lipinski definition) is 1. The van der Waals surface area contributed by atoms with E-state index < -0.39 is 10.0 Å². The maximum absolute atomic E-state index is 12.6. The minimum Gasteiger partial charge on any atom is -0.497 e. The summed E-state index contributed by atoms with van der Waals surface area (Å²) in [5.41, 5.74) is 3.22. The van der Waals surface area contributed by atoms with E-state index in [1.165, 1.54) is 20.3 Å². The van der Waals surface area contributed by atoms with Crippen LogP contribution in [0, 0.1) is 20.8 Å². The molecule has 0 saturated carbocycles. The van der Waals surface area contributed by atoms with E-state index in [2.05, 4.69) is 4.72 Å². The Morgan fingerprint density at radius 3 is 2.19 bits per heavy atom. The van der Waals surface area contributed by atoms with Crippen LogP contribution in [0.2, 0.25) is 0 Å². The van der Waals surface area contributed by atoms with Gasteiger partial charge in [-0.3, -0.25) is 0 Å². The van der Waals surface area contributed by atoms with Crippen LogP contribution >= 0.6 is 0 Å². The molecule has 6 nitrogen and oxygen atoms in total. The van der Waals surface area contributed by atoms with Crippen molar-refractivity contribution in [2.45, 2.75) is 25.7 Å². The molecule has 2 aromatic carbocycles. The summed E-state index contributed by atoms with van der Waals surface area (Å²) in [7, 11) is -0.851. The van der Waals surface area contributed by atoms with Crippen molar-refractivity contribution in [1.29, 1.82) is 0 Å². The molecular formula is C19H25NO5S. The second kappa shape index (κ2) is 8.42. The van der Waals surface area contributed by atoms with Gasteiger partial charge in [-0.2, -0.15) is 0 Å². The van der Waals surface area contributed by atoms with Gasteiger partial charge in [0.1, 0.15) is 28.8 Å². The van der Waals surface area contributed by atoms with Crippen LogP contribution < -0.4 is 18.9 Å². The van der Waals surface area contributed by atoms with Crippen LogP contribution in [0.1, 0.15) is 16.7 Å². The molecule has 0 fully saturated rings. The number of hydrogen-bond acceptors (Lipinski definition) is 5. The van der Waals surface area contributed by atoms with Crippen LogP contribution in [0.3, 0.4) is 0 Å². The predicted octanol–water partition coefficient (Wildman–Crippen LogP) is 2.99. The van der Waals surface area contributed by atoms with E-state index in [0.717, 1.165) is 22.4 Å². The van der Waals surface area contributed by atoms with Crippen molar-refractivity contribution in [2.75, 3.05) is 27.4 Å². The van der Waals surface area contributed by atoms with E-state index in [1.807, 2.05) is 32.9 Å². The maximum atomic E-state index is 12.6. The Morgan fingerprint density at radius 2 is 1.62 bits per heavy atom. The van der Waals surface area contributed by atoms with Gasteiger partial charge < -0.3 is 14.2 Å². The van der Waals surface area contributed by atoms with E-state index in [0.29, 0.717) is 5.75 Å². The zero-order chi connectivity index (χ0) is 19.3. The fraction of sp³-hybridized carbons (Fsp3) is 0.368. The number of sulfonamides is 1. The Bertz CT molecular complexity index is 854. The molecule has 2 rings (SSSR count). The van der Waals surface area contributed by atoms with Crippen molar-refractivity contribution in [3.63, 3.8) is 0 Å². The van der Waals surface area contributed by atoms with Crippen molar-refractivity contribution in [3.8, 4) is 17.2 Å². The molecule has 0 saturated heterocycles. The highest BCUT2D eigenvalue weighted by atomic mass is 32.2. The monoisotopic (exact) mass is 379 g/mol. The highest BCUT2D eigenvalue weighted by Gasteiger charge is 2.20. The van der Waals surface area contributed by atoms with Gasteiger partial charge in [-0.15, -0.1) is 0 Å². The number of ether oxygens (including phenoxy) is 3. The van der Waals surface area contributed by atoms with Gasteiger partial charge in [-0.25, -0.2) is 13.1 Å². The molecule has 0 atom stereocenters. The molecule has 0 amide bonds. The van der Waals surface area contributed by atoms with Crippen LogP contribution in [0.5, 0.6) is 17.2 Å². The molecule has 0 heterocycles. The zero-order valence-electron chi connectivity index (χ0n) is 15.8. The fourth-order valence-corrected chi connectivity index (χ4v) is 3.99. The van der Waals surface area contributed by atoms with Crippen LogP contribution in [0.4, 0.5) is 0 Å². The first-order valence-electron chi connectivity index (χ1n) is 8.21. The minimum atomic E-state index is -3.75. The van der Waals surface area contributed by atoms with Crippen molar-refractivity contribution >= 4 is 10.0 Å². The Morgan fingerprint density at radius 1 is 0.962 bits per heavy atom. The summed E-state index contributed by atoms with van der Waals surface area (Å²) in [5.74, 6) is 1.48. The van der Waals surface area contributed by atoms with Gasteiger partial charge in [-0.1, -0.05) is 17.7 Å². The summed E-state index contributed by atoms with van der Waals surface area (Å²) in [6, 6.07) is 8.70. The lowest BCUT2D eigenvalue weighted by Gasteiger charge is -2.15. The van der Waals surface area contributed by atoms with Gasteiger partial charge in [0, 0.05) is 12.6 Å². The molecule has 0 unspecified atom stereocenters. The molecule has 0 aliphatic carbocycles. The SMILES string of the molecule is COc1ccc(OC)c(S(=O)(=O)NCCOc2c(C)cc(C)cc2C)c1. The van der Waals surface area contributed by atoms with Crippen LogP contribution in [-0.2, 0) is 10.0 Å². The first-order valence-corrected chi connectivity index (χ1v) is 9.69. The number of methoxy groups -OCH3 is 2. The summed E-state index contributed by atoms with van der Waals surface area (Å²) >= 11 is 0. The van der Waals surface area contributed by atoms with Crippen molar-refractivity contribution < 1.29 is 22.6 Å². The van der Waals surface area contributed by atoms with Crippen LogP contribution in [0.15, 0.2) is 35.2 Å². The quantitative estimate of drug-likeness (QED) is 0.714. The van der Waals surface area contributed by atoms with Gasteiger partial charge in [0.25, 0.3) is 0 Å². The van der Waals surface area contributed by atoms with E-state index in [-0.39, 0.29) is 23.8 Å². The molecule has 0 aliphatic heterocycles. The first kappa shape index (κ1) is 20.1. The third kappa shape index (κ3) is 4.68. The van der Waals surface area contributed by atoms with Gasteiger partial charge in [-0.05, 0) is 44.0 Å². The lowest BCUT2D eigenvalue weighted by molar-refractivity contribution is 0.318. The highest BCUT2D eigenvalue weighted by molar-refractivity contribution is 7.89. The topological polar surface area (TPSA) is 73.9 Å². The number of nitrogens with one attached hydrogen (secondary N) is 1. The van der Waals surface area contributed by atoms with E-state index in [9.17, 15) is 8.42 Å². The highest BCUT2D eigenvalue weighted by Crippen LogP contribution is 2.28. The van der Waals surface area contributed by atoms with Gasteiger partial charge in [0.15, 0.2) is 0 Å². The average Bonchev–Trinajstić information content (AvgIpc) is 2.59. The molecule has 0 radical (unpaired) electrons. The summed E-state index contributed by atoms with van der Waals surface area (Å²) in [5, 5.41) is 0. The number of benzene rings is 2. The minimum absolute atomic E-state index is 0.0297. The van der Waals surface area contributed by atoms with Crippen molar-refractivity contribution in [1.82, 2.24) is 4.72 Å². The molecular weight excluding hydrogens is 354 g/mol. The van der Waals surface area contributed by atoms with E-state index in [1.54, 1.807) is 12.1 Å². The molecule has 26 heavy (non-hydrogen) atoms. The summed E-state index contributed by atoms with van der Waals surface area (Å²) < 4.78 is 43.7. The van der Waals surface area contributed by atoms with Crippen molar-refractivity contribution in [3.05, 3.63) is 47.0 Å². The van der Waals surface area contributed by atoms with Gasteiger partial charge in [0.05, 0.1) is 14.2 Å². The van der Waals surface area contributed by atoms with Gasteiger partial charge in [0.2, 0.25) is 10.0 Å². The largest absolute Gasteiger partial charge is 0.497 e. The van der Waals surface area contributed by atoms with E-state index >= 15 is 0 Å². The fourth-order valence-electron chi connectivity index (χ4n) is 2.80. The Balaban J connectivity index is 2.06. The van der Waals surface area contributed by atoms with Crippen molar-refractivity contribution in [2.24, 2.45) is 0 Å². The smallest absolute Gasteiger partial charge is 0.244 e. The Hall–Kier alpha value is -2.25. The Kier molecular flexibility index (Phi) is 6.50. The summed E-state index contributed by atoms with van der Waals surface area (Å²) in [4.78, 5) is 0.0297. The first-order chi connectivity index (χ1) is 12.3. The summed E-state index contributed by atoms with van der Waals surface area (Å²) in [6.45, 7) is 6.33. The molecule has 7 heteroatoms. The molecule has 0 aliphatic rings. The maximum Gasteiger partial charge on any atom is 0.244 e. The molecule has 0 aromatic heterocycles. The second-order valence-corrected chi connectivity index (χ2v) is 7.73. The van der Waals surface area contributed by atoms with Crippen LogP contribution in [-0.4, -0.2) is 35.8 Å². The predicted molar refractivity (Wildman–Crippen MR) is 101 cm³/mol. The lowest BCUT2D eigenvalue weighted by atomic mass is 10.1. The molecule has 1 N–H and O–H groups in total. The third-order valence-corrected chi connectivity index (χ3v) is 5.39. The number of rotatable bonds is 8. The lowest BCUT2D eigenvalue weighted by Crippen LogP contribution is -2.28. The zero-order valence-corrected chi connectivity index (χ0v) is 16.6. The molecule has 142 valence electrons. The standard InChI is InChI=1S/C19H25NO5S/c1-13-10-14(2)19(15(3)11-13)25-9-8-20-26(21,22)18-12-16(23-4)6-7-17(18)24-5/h6-7,10-12,20H,8-9H2,1-5H3. The molecule has 2 aromatic rings. The molecule has 0 bridgehead atoms. The second-order valence-electron chi connectivity index (χ2n) is 5.99. The Labute approximate surface area is 155 Å². The summed E-state index contributed by atoms with van der Waals surface area (Å²) in [6.07, 6.45) is 0.